The van der Waals surface area contributed by atoms with E-state index in [0.717, 1.165) is 0 Å². The molecule has 0 aliphatic rings. The molecule has 0 bridgehead atoms. The van der Waals surface area contributed by atoms with Gasteiger partial charge in [-0.15, -0.1) is 0 Å². The molecule has 2 aromatic rings. The number of ether oxygens (including phenoxy) is 1. The van der Waals surface area contributed by atoms with Crippen LogP contribution in [0.4, 0.5) is 0 Å². The molecule has 0 amide bonds. The van der Waals surface area contributed by atoms with Gasteiger partial charge in [-0.2, -0.15) is 0 Å². The molecule has 0 aromatic heterocycles. The monoisotopic (exact) mass is 261 g/mol. The summed E-state index contributed by atoms with van der Waals surface area (Å²) in [5, 5.41) is 0. The van der Waals surface area contributed by atoms with Crippen LogP contribution in [0.3, 0.4) is 0 Å². The van der Waals surface area contributed by atoms with Gasteiger partial charge in [-0.05, 0) is 11.1 Å². The zero-order chi connectivity index (χ0) is 10.3. The van der Waals surface area contributed by atoms with Crippen LogP contribution in [0, 0.1) is 0 Å². The molecule has 0 spiro atoms. The number of benzene rings is 2. The summed E-state index contributed by atoms with van der Waals surface area (Å²) < 4.78 is 5.61. The fourth-order valence-electron chi connectivity index (χ4n) is 1.44. The first-order valence-electron chi connectivity index (χ1n) is 5.11. The van der Waals surface area contributed by atoms with Gasteiger partial charge in [0.15, 0.2) is 0 Å². The second-order valence-corrected chi connectivity index (χ2v) is 3.46. The molecule has 0 N–H and O–H groups in total. The second-order valence-electron chi connectivity index (χ2n) is 3.46. The molecule has 0 saturated heterocycles. The molecule has 1 radical (unpaired) electrons. The van der Waals surface area contributed by atoms with Gasteiger partial charge in [0.05, 0.1) is 13.2 Å². The Kier molecular flexibility index (Phi) is 5.87. The normalized spacial score (nSPS) is 9.50. The van der Waals surface area contributed by atoms with Crippen LogP contribution in [0.5, 0.6) is 0 Å². The predicted molar refractivity (Wildman–Crippen MR) is 61.4 cm³/mol. The molecule has 0 aliphatic carbocycles. The molecule has 2 heteroatoms. The third-order valence-electron chi connectivity index (χ3n) is 2.22. The maximum atomic E-state index is 5.61. The van der Waals surface area contributed by atoms with Crippen molar-refractivity contribution in [2.75, 3.05) is 0 Å². The summed E-state index contributed by atoms with van der Waals surface area (Å²) in [5.74, 6) is 0. The maximum Gasteiger partial charge on any atom is 0.0721 e. The van der Waals surface area contributed by atoms with Crippen molar-refractivity contribution in [3.05, 3.63) is 71.8 Å². The van der Waals surface area contributed by atoms with E-state index in [1.165, 1.54) is 11.1 Å². The third kappa shape index (κ3) is 4.19. The van der Waals surface area contributed by atoms with E-state index in [4.69, 9.17) is 4.74 Å². The van der Waals surface area contributed by atoms with Crippen LogP contribution in [0.2, 0.25) is 0 Å². The molecule has 2 rings (SSSR count). The fourth-order valence-corrected chi connectivity index (χ4v) is 1.44. The third-order valence-corrected chi connectivity index (χ3v) is 2.22. The van der Waals surface area contributed by atoms with Crippen LogP contribution in [0.15, 0.2) is 60.7 Å². The van der Waals surface area contributed by atoms with E-state index in [2.05, 4.69) is 24.3 Å². The van der Waals surface area contributed by atoms with Crippen molar-refractivity contribution in [1.29, 1.82) is 0 Å². The van der Waals surface area contributed by atoms with Crippen molar-refractivity contribution in [3.8, 4) is 0 Å². The first-order chi connectivity index (χ1) is 7.45. The minimum absolute atomic E-state index is 0. The summed E-state index contributed by atoms with van der Waals surface area (Å²) >= 11 is 0. The van der Waals surface area contributed by atoms with Gasteiger partial charge in [0, 0.05) is 17.1 Å². The van der Waals surface area contributed by atoms with E-state index >= 15 is 0 Å². The van der Waals surface area contributed by atoms with E-state index in [1.807, 2.05) is 36.4 Å². The average molecular weight is 262 g/mol. The smallest absolute Gasteiger partial charge is 0.0721 e. The molecule has 0 fully saturated rings. The minimum atomic E-state index is 0. The van der Waals surface area contributed by atoms with Gasteiger partial charge < -0.3 is 4.74 Å². The largest absolute Gasteiger partial charge is 0.372 e. The van der Waals surface area contributed by atoms with Crippen molar-refractivity contribution < 1.29 is 21.8 Å². The minimum Gasteiger partial charge on any atom is -0.372 e. The van der Waals surface area contributed by atoms with Crippen molar-refractivity contribution in [3.63, 3.8) is 0 Å². The summed E-state index contributed by atoms with van der Waals surface area (Å²) in [5.41, 5.74) is 2.43. The fraction of sp³-hybridized carbons (Fsp3) is 0.143. The number of rotatable bonds is 4. The van der Waals surface area contributed by atoms with E-state index < -0.39 is 0 Å². The zero-order valence-electron chi connectivity index (χ0n) is 8.90. The van der Waals surface area contributed by atoms with Crippen molar-refractivity contribution in [2.45, 2.75) is 13.2 Å². The average Bonchev–Trinajstić information content (AvgIpc) is 2.32. The Morgan fingerprint density at radius 1 is 0.625 bits per heavy atom. The molecule has 0 heterocycles. The Hall–Kier alpha value is -1.08. The first-order valence-corrected chi connectivity index (χ1v) is 5.11. The summed E-state index contributed by atoms with van der Waals surface area (Å²) in [7, 11) is 0. The first kappa shape index (κ1) is 13.0. The molecular weight excluding hydrogens is 248 g/mol. The Morgan fingerprint density at radius 3 is 1.38 bits per heavy atom. The van der Waals surface area contributed by atoms with Gasteiger partial charge in [0.25, 0.3) is 0 Å². The van der Waals surface area contributed by atoms with Crippen LogP contribution < -0.4 is 0 Å². The van der Waals surface area contributed by atoms with Crippen molar-refractivity contribution in [2.24, 2.45) is 0 Å². The Morgan fingerprint density at radius 2 is 1.00 bits per heavy atom. The molecule has 87 valence electrons. The molecule has 1 nitrogen and oxygen atoms in total. The quantitative estimate of drug-likeness (QED) is 0.767. The van der Waals surface area contributed by atoms with Crippen molar-refractivity contribution in [1.82, 2.24) is 0 Å². The number of hydrogen-bond acceptors (Lipinski definition) is 1. The van der Waals surface area contributed by atoms with Crippen LogP contribution in [0.1, 0.15) is 11.1 Å². The second kappa shape index (κ2) is 7.24. The van der Waals surface area contributed by atoms with Crippen LogP contribution in [-0.4, -0.2) is 0 Å². The molecule has 0 atom stereocenters. The molecule has 0 saturated carbocycles. The van der Waals surface area contributed by atoms with Gasteiger partial charge in [0.1, 0.15) is 0 Å². The molecular formula is C14H14CuO. The van der Waals surface area contributed by atoms with Gasteiger partial charge in [-0.1, -0.05) is 60.7 Å². The van der Waals surface area contributed by atoms with Crippen LogP contribution in [-0.2, 0) is 35.0 Å². The molecule has 0 aliphatic heterocycles. The Balaban J connectivity index is 0.00000128. The summed E-state index contributed by atoms with van der Waals surface area (Å²) in [6.07, 6.45) is 0. The van der Waals surface area contributed by atoms with Gasteiger partial charge in [-0.25, -0.2) is 0 Å². The summed E-state index contributed by atoms with van der Waals surface area (Å²) in [6.45, 7) is 1.35. The number of hydrogen-bond donors (Lipinski definition) is 0. The van der Waals surface area contributed by atoms with E-state index in [-0.39, 0.29) is 17.1 Å². The molecule has 0 unspecified atom stereocenters. The SMILES string of the molecule is [Cu].c1ccc(COCc2ccccc2)cc1. The van der Waals surface area contributed by atoms with E-state index in [1.54, 1.807) is 0 Å². The van der Waals surface area contributed by atoms with Crippen LogP contribution >= 0.6 is 0 Å². The zero-order valence-corrected chi connectivity index (χ0v) is 9.84. The summed E-state index contributed by atoms with van der Waals surface area (Å²) in [4.78, 5) is 0. The van der Waals surface area contributed by atoms with E-state index in [0.29, 0.717) is 13.2 Å². The Bertz CT molecular complexity index is 346. The standard InChI is InChI=1S/C14H14O.Cu/c1-3-7-13(8-4-1)11-15-12-14-9-5-2-6-10-14;/h1-10H,11-12H2;. The maximum absolute atomic E-state index is 5.61. The Labute approximate surface area is 107 Å². The molecule has 2 aromatic carbocycles. The van der Waals surface area contributed by atoms with Gasteiger partial charge >= 0.3 is 0 Å². The van der Waals surface area contributed by atoms with E-state index in [9.17, 15) is 0 Å². The van der Waals surface area contributed by atoms with Gasteiger partial charge in [-0.3, -0.25) is 0 Å². The van der Waals surface area contributed by atoms with Gasteiger partial charge in [0.2, 0.25) is 0 Å². The molecule has 16 heavy (non-hydrogen) atoms. The predicted octanol–water partition coefficient (Wildman–Crippen LogP) is 3.40. The van der Waals surface area contributed by atoms with Crippen molar-refractivity contribution >= 4 is 0 Å². The summed E-state index contributed by atoms with van der Waals surface area (Å²) in [6, 6.07) is 20.4. The van der Waals surface area contributed by atoms with Crippen LogP contribution in [0.25, 0.3) is 0 Å². The topological polar surface area (TPSA) is 9.23 Å².